The number of aromatic nitrogens is 4. The summed E-state index contributed by atoms with van der Waals surface area (Å²) in [6.45, 7) is 5.50. The van der Waals surface area contributed by atoms with Crippen LogP contribution in [0.4, 0.5) is 21.2 Å². The Bertz CT molecular complexity index is 1500. The molecule has 4 heterocycles. The number of piperazine rings is 1. The van der Waals surface area contributed by atoms with Crippen LogP contribution in [0.1, 0.15) is 17.5 Å². The van der Waals surface area contributed by atoms with Gasteiger partial charge in [-0.1, -0.05) is 18.3 Å². The van der Waals surface area contributed by atoms with Crippen LogP contribution in [0.2, 0.25) is 0 Å². The monoisotopic (exact) mass is 533 g/mol. The molecular weight excluding hydrogens is 505 g/mol. The molecular formula is C26H28FN9OS. The molecule has 4 aromatic rings. The van der Waals surface area contributed by atoms with Gasteiger partial charge < -0.3 is 15.1 Å². The van der Waals surface area contributed by atoms with Gasteiger partial charge in [0, 0.05) is 45.8 Å². The van der Waals surface area contributed by atoms with Crippen molar-refractivity contribution < 1.29 is 9.18 Å². The summed E-state index contributed by atoms with van der Waals surface area (Å²) in [6.07, 6.45) is 4.47. The highest BCUT2D eigenvalue weighted by molar-refractivity contribution is 7.16. The molecule has 10 nitrogen and oxygen atoms in total. The van der Waals surface area contributed by atoms with Gasteiger partial charge in [-0.25, -0.2) is 19.3 Å². The van der Waals surface area contributed by atoms with Crippen LogP contribution in [-0.2, 0) is 11.2 Å². The molecule has 0 saturated carbocycles. The minimum absolute atomic E-state index is 0.0144. The number of imidazole rings is 1. The summed E-state index contributed by atoms with van der Waals surface area (Å²) in [4.78, 5) is 32.7. The molecule has 1 aromatic carbocycles. The fraction of sp³-hybridized carbons (Fsp3) is 0.346. The van der Waals surface area contributed by atoms with Gasteiger partial charge in [-0.15, -0.1) is 0 Å². The Hall–Kier alpha value is -4.08. The van der Waals surface area contributed by atoms with Crippen molar-refractivity contribution in [2.45, 2.75) is 13.3 Å². The molecule has 5 rings (SSSR count). The number of carbonyl (C=O) groups excluding carboxylic acids is 1. The summed E-state index contributed by atoms with van der Waals surface area (Å²) in [5, 5.41) is 13.1. The Balaban J connectivity index is 1.46. The number of halogens is 1. The molecule has 38 heavy (non-hydrogen) atoms. The summed E-state index contributed by atoms with van der Waals surface area (Å²) < 4.78 is 15.5. The van der Waals surface area contributed by atoms with Gasteiger partial charge in [0.15, 0.2) is 10.8 Å². The number of amides is 1. The Morgan fingerprint density at radius 3 is 2.61 bits per heavy atom. The van der Waals surface area contributed by atoms with E-state index in [4.69, 9.17) is 9.97 Å². The molecule has 1 fully saturated rings. The summed E-state index contributed by atoms with van der Waals surface area (Å²) in [5.74, 6) is 1.36. The van der Waals surface area contributed by atoms with Crippen LogP contribution >= 0.6 is 11.3 Å². The van der Waals surface area contributed by atoms with Gasteiger partial charge in [0.05, 0.1) is 24.6 Å². The summed E-state index contributed by atoms with van der Waals surface area (Å²) >= 11 is 1.29. The van der Waals surface area contributed by atoms with Crippen LogP contribution in [-0.4, -0.2) is 77.0 Å². The fourth-order valence-corrected chi connectivity index (χ4v) is 5.42. The number of nitrogens with zero attached hydrogens (tertiary/aromatic N) is 8. The number of benzene rings is 1. The first-order valence-electron chi connectivity index (χ1n) is 12.4. The molecule has 3 aromatic heterocycles. The third-order valence-corrected chi connectivity index (χ3v) is 7.69. The zero-order chi connectivity index (χ0) is 26.8. The van der Waals surface area contributed by atoms with E-state index in [1.54, 1.807) is 25.4 Å². The molecule has 1 aliphatic rings. The van der Waals surface area contributed by atoms with Crippen molar-refractivity contribution in [1.29, 1.82) is 5.26 Å². The lowest BCUT2D eigenvalue weighted by molar-refractivity contribution is -0.121. The largest absolute Gasteiger partial charge is 0.358 e. The first-order chi connectivity index (χ1) is 18.4. The Morgan fingerprint density at radius 1 is 1.21 bits per heavy atom. The lowest BCUT2D eigenvalue weighted by atomic mass is 10.1. The number of hydrogen-bond acceptors (Lipinski definition) is 9. The van der Waals surface area contributed by atoms with Crippen LogP contribution in [0.5, 0.6) is 0 Å². The lowest BCUT2D eigenvalue weighted by Gasteiger charge is -2.34. The van der Waals surface area contributed by atoms with E-state index in [-0.39, 0.29) is 11.7 Å². The van der Waals surface area contributed by atoms with Gasteiger partial charge in [-0.2, -0.15) is 5.26 Å². The van der Waals surface area contributed by atoms with Crippen LogP contribution in [0.15, 0.2) is 36.7 Å². The number of nitrogens with one attached hydrogen (secondary N) is 1. The van der Waals surface area contributed by atoms with Gasteiger partial charge in [0.25, 0.3) is 0 Å². The van der Waals surface area contributed by atoms with Crippen LogP contribution in [0, 0.1) is 17.1 Å². The third-order valence-electron chi connectivity index (χ3n) is 6.66. The second kappa shape index (κ2) is 10.7. The Morgan fingerprint density at radius 2 is 1.95 bits per heavy atom. The smallest absolute Gasteiger partial charge is 0.233 e. The van der Waals surface area contributed by atoms with Gasteiger partial charge in [-0.3, -0.25) is 14.1 Å². The molecule has 0 aliphatic carbocycles. The number of rotatable bonds is 7. The molecule has 12 heteroatoms. The number of fused-ring (bicyclic) bond motifs is 1. The predicted octanol–water partition coefficient (Wildman–Crippen LogP) is 3.06. The second-order valence-electron chi connectivity index (χ2n) is 9.00. The number of aryl methyl sites for hydroxylation is 1. The van der Waals surface area contributed by atoms with Crippen LogP contribution in [0.3, 0.4) is 0 Å². The maximum Gasteiger partial charge on any atom is 0.233 e. The summed E-state index contributed by atoms with van der Waals surface area (Å²) in [6, 6.07) is 8.23. The fourth-order valence-electron chi connectivity index (χ4n) is 4.58. The maximum atomic E-state index is 13.5. The number of anilines is 3. The van der Waals surface area contributed by atoms with Gasteiger partial charge in [0.1, 0.15) is 34.1 Å². The normalized spacial score (nSPS) is 14.0. The minimum Gasteiger partial charge on any atom is -0.358 e. The number of nitriles is 1. The standard InChI is InChI=1S/C26H28FN9OS/c1-4-19-25(33(3)26-32-24(20(13-28)38-26)17-5-7-18(27)8-6-17)36-15-22(30-14-21(36)31-19)35-11-9-34(10-12-35)16-23(37)29-2/h5-8,14-15H,4,9-12,16H2,1-3H3,(H,29,37). The quantitative estimate of drug-likeness (QED) is 0.387. The van der Waals surface area contributed by atoms with Gasteiger partial charge in [0.2, 0.25) is 5.91 Å². The second-order valence-corrected chi connectivity index (χ2v) is 9.98. The van der Waals surface area contributed by atoms with Gasteiger partial charge >= 0.3 is 0 Å². The van der Waals surface area contributed by atoms with Crippen molar-refractivity contribution in [2.24, 2.45) is 0 Å². The summed E-state index contributed by atoms with van der Waals surface area (Å²) in [5.41, 5.74) is 2.83. The number of hydrogen-bond donors (Lipinski definition) is 1. The van der Waals surface area contributed by atoms with E-state index in [1.807, 2.05) is 29.5 Å². The third kappa shape index (κ3) is 4.90. The van der Waals surface area contributed by atoms with E-state index in [0.717, 1.165) is 49.2 Å². The summed E-state index contributed by atoms with van der Waals surface area (Å²) in [7, 11) is 3.56. The van der Waals surface area contributed by atoms with Crippen LogP contribution in [0.25, 0.3) is 16.9 Å². The molecule has 196 valence electrons. The van der Waals surface area contributed by atoms with Crippen molar-refractivity contribution in [3.8, 4) is 17.3 Å². The first kappa shape index (κ1) is 25.6. The first-order valence-corrected chi connectivity index (χ1v) is 13.2. The molecule has 0 radical (unpaired) electrons. The molecule has 0 unspecified atom stereocenters. The van der Waals surface area contributed by atoms with Crippen molar-refractivity contribution >= 4 is 39.7 Å². The molecule has 1 amide bonds. The molecule has 0 bridgehead atoms. The zero-order valence-corrected chi connectivity index (χ0v) is 22.3. The number of likely N-dealkylation sites (N-methyl/N-ethyl adjacent to an activating group) is 1. The molecule has 1 saturated heterocycles. The van der Waals surface area contributed by atoms with E-state index >= 15 is 0 Å². The topological polar surface area (TPSA) is 106 Å². The number of thiazole rings is 1. The average Bonchev–Trinajstić information content (AvgIpc) is 3.54. The highest BCUT2D eigenvalue weighted by Crippen LogP contribution is 2.37. The Labute approximate surface area is 224 Å². The zero-order valence-electron chi connectivity index (χ0n) is 21.5. The highest BCUT2D eigenvalue weighted by Gasteiger charge is 2.24. The molecule has 0 atom stereocenters. The molecule has 0 spiro atoms. The number of carbonyl (C=O) groups is 1. The van der Waals surface area contributed by atoms with Gasteiger partial charge in [-0.05, 0) is 30.7 Å². The van der Waals surface area contributed by atoms with Crippen molar-refractivity contribution in [2.75, 3.05) is 56.6 Å². The minimum atomic E-state index is -0.338. The van der Waals surface area contributed by atoms with Crippen molar-refractivity contribution in [3.63, 3.8) is 0 Å². The van der Waals surface area contributed by atoms with E-state index in [1.165, 1.54) is 23.5 Å². The lowest BCUT2D eigenvalue weighted by Crippen LogP contribution is -2.49. The van der Waals surface area contributed by atoms with Crippen molar-refractivity contribution in [3.05, 3.63) is 53.0 Å². The predicted molar refractivity (Wildman–Crippen MR) is 145 cm³/mol. The van der Waals surface area contributed by atoms with E-state index < -0.39 is 0 Å². The van der Waals surface area contributed by atoms with E-state index in [0.29, 0.717) is 34.2 Å². The maximum absolute atomic E-state index is 13.5. The van der Waals surface area contributed by atoms with E-state index in [9.17, 15) is 14.4 Å². The van der Waals surface area contributed by atoms with E-state index in [2.05, 4.69) is 26.2 Å². The molecule has 1 N–H and O–H groups in total. The highest BCUT2D eigenvalue weighted by atomic mass is 32.1. The Kier molecular flexibility index (Phi) is 7.22. The molecule has 1 aliphatic heterocycles. The van der Waals surface area contributed by atoms with Crippen molar-refractivity contribution in [1.82, 2.24) is 29.6 Å². The average molecular weight is 534 g/mol. The van der Waals surface area contributed by atoms with Crippen LogP contribution < -0.4 is 15.1 Å². The SMILES string of the molecule is CCc1nc2cnc(N3CCN(CC(=O)NC)CC3)cn2c1N(C)c1nc(-c2ccc(F)cc2)c(C#N)s1.